The van der Waals surface area contributed by atoms with Gasteiger partial charge in [-0.15, -0.1) is 0 Å². The molecule has 0 saturated carbocycles. The molecule has 2 bridgehead atoms. The van der Waals surface area contributed by atoms with Crippen LogP contribution in [0.25, 0.3) is 0 Å². The molecule has 0 N–H and O–H groups in total. The van der Waals surface area contributed by atoms with Crippen LogP contribution in [0.3, 0.4) is 0 Å². The van der Waals surface area contributed by atoms with Crippen LogP contribution in [0.1, 0.15) is 28.3 Å². The Morgan fingerprint density at radius 2 is 1.81 bits per heavy atom. The van der Waals surface area contributed by atoms with Crippen LogP contribution in [-0.4, -0.2) is 69.4 Å². The quantitative estimate of drug-likeness (QED) is 0.494. The Hall–Kier alpha value is -3.07. The minimum absolute atomic E-state index is 0.103. The van der Waals surface area contributed by atoms with Gasteiger partial charge in [0.25, 0.3) is 0 Å². The van der Waals surface area contributed by atoms with Crippen LogP contribution in [0.4, 0.5) is 0 Å². The van der Waals surface area contributed by atoms with Gasteiger partial charge in [0, 0.05) is 19.6 Å². The van der Waals surface area contributed by atoms with E-state index >= 15 is 0 Å². The Morgan fingerprint density at radius 3 is 2.56 bits per heavy atom. The molecule has 1 atom stereocenters. The van der Waals surface area contributed by atoms with Crippen molar-refractivity contribution in [2.45, 2.75) is 19.0 Å². The number of rotatable bonds is 4. The lowest BCUT2D eigenvalue weighted by atomic mass is 9.87. The fraction of sp³-hybridized carbons (Fsp3) is 0.393. The van der Waals surface area contributed by atoms with Gasteiger partial charge in [0.2, 0.25) is 5.91 Å². The molecule has 0 aliphatic carbocycles. The van der Waals surface area contributed by atoms with Gasteiger partial charge in [0.15, 0.2) is 11.5 Å². The zero-order chi connectivity index (χ0) is 24.9. The van der Waals surface area contributed by atoms with Crippen LogP contribution in [0.5, 0.6) is 17.2 Å². The van der Waals surface area contributed by atoms with Gasteiger partial charge in [-0.1, -0.05) is 12.1 Å². The summed E-state index contributed by atoms with van der Waals surface area (Å²) >= 11 is 1.67. The number of benzene rings is 2. The van der Waals surface area contributed by atoms with Crippen molar-refractivity contribution in [3.8, 4) is 17.2 Å². The summed E-state index contributed by atoms with van der Waals surface area (Å²) < 4.78 is 22.9. The summed E-state index contributed by atoms with van der Waals surface area (Å²) in [5.74, 6) is 2.26. The Labute approximate surface area is 216 Å². The zero-order valence-corrected chi connectivity index (χ0v) is 21.6. The molecular formula is C28H32N2O5S. The minimum Gasteiger partial charge on any atom is -0.493 e. The lowest BCUT2D eigenvalue weighted by molar-refractivity contribution is -0.134. The molecule has 6 rings (SSSR count). The van der Waals surface area contributed by atoms with Crippen LogP contribution in [-0.2, 0) is 22.5 Å². The second-order valence-corrected chi connectivity index (χ2v) is 9.80. The van der Waals surface area contributed by atoms with Gasteiger partial charge >= 0.3 is 0 Å². The molecule has 3 aliphatic heterocycles. The first-order valence-corrected chi connectivity index (χ1v) is 13.2. The molecule has 0 spiro atoms. The predicted octanol–water partition coefficient (Wildman–Crippen LogP) is 4.15. The molecule has 0 saturated heterocycles. The van der Waals surface area contributed by atoms with Crippen LogP contribution in [0.2, 0.25) is 0 Å². The normalized spacial score (nSPS) is 19.0. The third-order valence-corrected chi connectivity index (χ3v) is 7.52. The van der Waals surface area contributed by atoms with Crippen LogP contribution >= 0.6 is 11.3 Å². The maximum absolute atomic E-state index is 13.9. The number of hydrogen-bond acceptors (Lipinski definition) is 7. The van der Waals surface area contributed by atoms with Crippen molar-refractivity contribution in [1.29, 1.82) is 0 Å². The highest BCUT2D eigenvalue weighted by atomic mass is 32.1. The standard InChI is InChI=1S/C28H32N2O5S/c1-32-25-15-22-7-9-30-27(31)18-29(17-20-8-14-36-19-20)10-11-34-12-13-35-23-5-3-21(4-6-23)28(30)24(22)16-26(25)33-2/h3-6,8,14-16,19,28H,7,9-13,17-18H2,1-2H3. The summed E-state index contributed by atoms with van der Waals surface area (Å²) in [5.41, 5.74) is 4.49. The summed E-state index contributed by atoms with van der Waals surface area (Å²) in [7, 11) is 3.29. The third kappa shape index (κ3) is 5.36. The van der Waals surface area contributed by atoms with E-state index in [0.29, 0.717) is 57.5 Å². The molecular weight excluding hydrogens is 476 g/mol. The van der Waals surface area contributed by atoms with E-state index in [2.05, 4.69) is 33.9 Å². The fourth-order valence-electron chi connectivity index (χ4n) is 4.97. The average Bonchev–Trinajstić information content (AvgIpc) is 3.41. The van der Waals surface area contributed by atoms with Crippen molar-refractivity contribution in [2.75, 3.05) is 53.7 Å². The maximum Gasteiger partial charge on any atom is 0.237 e. The van der Waals surface area contributed by atoms with Crippen molar-refractivity contribution < 1.29 is 23.7 Å². The van der Waals surface area contributed by atoms with E-state index in [1.54, 1.807) is 25.6 Å². The van der Waals surface area contributed by atoms with Crippen LogP contribution in [0, 0.1) is 0 Å². The summed E-state index contributed by atoms with van der Waals surface area (Å²) in [6, 6.07) is 14.0. The molecule has 1 aromatic heterocycles. The van der Waals surface area contributed by atoms with Gasteiger partial charge in [-0.25, -0.2) is 0 Å². The second kappa shape index (κ2) is 11.3. The van der Waals surface area contributed by atoms with E-state index in [-0.39, 0.29) is 11.9 Å². The number of carbonyl (C=O) groups excluding carboxylic acids is 1. The topological polar surface area (TPSA) is 60.5 Å². The first-order chi connectivity index (χ1) is 17.7. The molecule has 0 fully saturated rings. The molecule has 1 unspecified atom stereocenters. The highest BCUT2D eigenvalue weighted by molar-refractivity contribution is 7.07. The number of fused-ring (bicyclic) bond motifs is 11. The number of ether oxygens (including phenoxy) is 4. The molecule has 4 heterocycles. The van der Waals surface area contributed by atoms with E-state index in [4.69, 9.17) is 18.9 Å². The van der Waals surface area contributed by atoms with Crippen molar-refractivity contribution >= 4 is 17.2 Å². The zero-order valence-electron chi connectivity index (χ0n) is 20.8. The van der Waals surface area contributed by atoms with Gasteiger partial charge in [-0.2, -0.15) is 11.3 Å². The lowest BCUT2D eigenvalue weighted by Crippen LogP contribution is -2.46. The van der Waals surface area contributed by atoms with E-state index in [1.807, 2.05) is 29.2 Å². The summed E-state index contributed by atoms with van der Waals surface area (Å²) in [6.07, 6.45) is 0.757. The largest absolute Gasteiger partial charge is 0.493 e. The van der Waals surface area contributed by atoms with E-state index < -0.39 is 0 Å². The summed E-state index contributed by atoms with van der Waals surface area (Å²) in [5, 5.41) is 4.21. The summed E-state index contributed by atoms with van der Waals surface area (Å²) in [4.78, 5) is 18.1. The molecule has 1 amide bonds. The van der Waals surface area contributed by atoms with Gasteiger partial charge in [0.05, 0.1) is 40.0 Å². The first-order valence-electron chi connectivity index (χ1n) is 12.2. The van der Waals surface area contributed by atoms with Crippen molar-refractivity contribution in [3.05, 3.63) is 75.5 Å². The molecule has 0 radical (unpaired) electrons. The number of nitrogens with zero attached hydrogens (tertiary/aromatic N) is 2. The van der Waals surface area contributed by atoms with Crippen molar-refractivity contribution in [2.24, 2.45) is 0 Å². The minimum atomic E-state index is -0.223. The number of thiophene rings is 1. The van der Waals surface area contributed by atoms with Gasteiger partial charge < -0.3 is 23.8 Å². The molecule has 190 valence electrons. The molecule has 36 heavy (non-hydrogen) atoms. The fourth-order valence-corrected chi connectivity index (χ4v) is 5.63. The number of hydrogen-bond donors (Lipinski definition) is 0. The molecule has 3 aliphatic rings. The van der Waals surface area contributed by atoms with Crippen LogP contribution < -0.4 is 14.2 Å². The smallest absolute Gasteiger partial charge is 0.237 e. The van der Waals surface area contributed by atoms with Crippen molar-refractivity contribution in [3.63, 3.8) is 0 Å². The summed E-state index contributed by atoms with van der Waals surface area (Å²) in [6.45, 7) is 3.88. The van der Waals surface area contributed by atoms with E-state index in [9.17, 15) is 4.79 Å². The lowest BCUT2D eigenvalue weighted by Gasteiger charge is -2.39. The third-order valence-electron chi connectivity index (χ3n) is 6.78. The number of carbonyl (C=O) groups is 1. The second-order valence-electron chi connectivity index (χ2n) is 9.02. The molecule has 3 aromatic rings. The Bertz CT molecular complexity index is 1170. The highest BCUT2D eigenvalue weighted by Crippen LogP contribution is 2.41. The average molecular weight is 509 g/mol. The van der Waals surface area contributed by atoms with Crippen LogP contribution in [0.15, 0.2) is 53.2 Å². The van der Waals surface area contributed by atoms with E-state index in [1.165, 1.54) is 11.1 Å². The molecule has 2 aromatic carbocycles. The molecule has 8 heteroatoms. The highest BCUT2D eigenvalue weighted by Gasteiger charge is 2.34. The Morgan fingerprint density at radius 1 is 1.00 bits per heavy atom. The molecule has 7 nitrogen and oxygen atoms in total. The Balaban J connectivity index is 1.52. The number of amides is 1. The Kier molecular flexibility index (Phi) is 7.75. The number of methoxy groups -OCH3 is 2. The maximum atomic E-state index is 13.9. The van der Waals surface area contributed by atoms with Crippen molar-refractivity contribution in [1.82, 2.24) is 9.80 Å². The van der Waals surface area contributed by atoms with Gasteiger partial charge in [-0.05, 0) is 69.8 Å². The SMILES string of the molecule is COc1cc2c(cc1OC)C1c3ccc(cc3)OCCOCCN(Cc3ccsc3)CC(=O)N1CC2. The monoisotopic (exact) mass is 508 g/mol. The van der Waals surface area contributed by atoms with Gasteiger partial charge in [-0.3, -0.25) is 9.69 Å². The van der Waals surface area contributed by atoms with Gasteiger partial charge in [0.1, 0.15) is 12.4 Å². The van der Waals surface area contributed by atoms with E-state index in [0.717, 1.165) is 23.3 Å². The predicted molar refractivity (Wildman–Crippen MR) is 139 cm³/mol. The first kappa shape index (κ1) is 24.6.